The standard InChI is InChI=1S/C17H15NO3/c19-17(18-14-6-7-14)12-3-1-11(2-4-12)13-5-8-15-16(9-13)21-10-20-15/h1-5,8-9,14H,6-7,10H2,(H,18,19). The SMILES string of the molecule is O=C(NC1CC1)c1ccc(-c2ccc3c(c2)OCO3)cc1. The van der Waals surface area contributed by atoms with Crippen molar-refractivity contribution in [1.29, 1.82) is 0 Å². The van der Waals surface area contributed by atoms with Crippen LogP contribution in [0.2, 0.25) is 0 Å². The minimum absolute atomic E-state index is 0.00902. The molecule has 2 aromatic rings. The van der Waals surface area contributed by atoms with Crippen molar-refractivity contribution in [3.05, 3.63) is 48.0 Å². The highest BCUT2D eigenvalue weighted by Crippen LogP contribution is 2.35. The minimum Gasteiger partial charge on any atom is -0.454 e. The molecule has 4 rings (SSSR count). The predicted octanol–water partition coefficient (Wildman–Crippen LogP) is 2.97. The molecule has 1 saturated carbocycles. The number of fused-ring (bicyclic) bond motifs is 1. The first-order valence-electron chi connectivity index (χ1n) is 7.10. The summed E-state index contributed by atoms with van der Waals surface area (Å²) in [6, 6.07) is 13.9. The van der Waals surface area contributed by atoms with Crippen molar-refractivity contribution >= 4 is 5.91 Å². The van der Waals surface area contributed by atoms with Gasteiger partial charge in [0.15, 0.2) is 11.5 Å². The lowest BCUT2D eigenvalue weighted by atomic mass is 10.0. The van der Waals surface area contributed by atoms with E-state index in [-0.39, 0.29) is 12.7 Å². The van der Waals surface area contributed by atoms with Gasteiger partial charge >= 0.3 is 0 Å². The maximum absolute atomic E-state index is 11.9. The Bertz CT molecular complexity index is 690. The van der Waals surface area contributed by atoms with E-state index in [1.807, 2.05) is 42.5 Å². The van der Waals surface area contributed by atoms with Gasteiger partial charge in [0.2, 0.25) is 6.79 Å². The van der Waals surface area contributed by atoms with Crippen LogP contribution in [0.1, 0.15) is 23.2 Å². The Labute approximate surface area is 122 Å². The molecule has 106 valence electrons. The molecule has 2 aromatic carbocycles. The first kappa shape index (κ1) is 12.3. The van der Waals surface area contributed by atoms with E-state index in [9.17, 15) is 4.79 Å². The number of carbonyl (C=O) groups excluding carboxylic acids is 1. The van der Waals surface area contributed by atoms with E-state index in [1.54, 1.807) is 0 Å². The summed E-state index contributed by atoms with van der Waals surface area (Å²) in [5.41, 5.74) is 2.80. The lowest BCUT2D eigenvalue weighted by molar-refractivity contribution is 0.0951. The van der Waals surface area contributed by atoms with Crippen LogP contribution >= 0.6 is 0 Å². The van der Waals surface area contributed by atoms with Crippen LogP contribution in [0.3, 0.4) is 0 Å². The highest BCUT2D eigenvalue weighted by molar-refractivity contribution is 5.95. The van der Waals surface area contributed by atoms with Gasteiger partial charge in [-0.05, 0) is 48.2 Å². The van der Waals surface area contributed by atoms with E-state index in [0.29, 0.717) is 11.6 Å². The van der Waals surface area contributed by atoms with E-state index >= 15 is 0 Å². The number of rotatable bonds is 3. The third-order valence-corrected chi connectivity index (χ3v) is 3.77. The van der Waals surface area contributed by atoms with Crippen LogP contribution < -0.4 is 14.8 Å². The maximum Gasteiger partial charge on any atom is 0.251 e. The van der Waals surface area contributed by atoms with Crippen LogP contribution in [-0.4, -0.2) is 18.7 Å². The second kappa shape index (κ2) is 4.81. The Morgan fingerprint density at radius 3 is 2.43 bits per heavy atom. The molecule has 1 fully saturated rings. The van der Waals surface area contributed by atoms with Gasteiger partial charge in [-0.2, -0.15) is 0 Å². The van der Waals surface area contributed by atoms with E-state index in [1.165, 1.54) is 0 Å². The molecular formula is C17H15NO3. The number of carbonyl (C=O) groups is 1. The molecule has 4 nitrogen and oxygen atoms in total. The molecule has 0 atom stereocenters. The summed E-state index contributed by atoms with van der Waals surface area (Å²) in [7, 11) is 0. The van der Waals surface area contributed by atoms with Gasteiger partial charge in [-0.3, -0.25) is 4.79 Å². The van der Waals surface area contributed by atoms with E-state index < -0.39 is 0 Å². The molecule has 1 aliphatic carbocycles. The topological polar surface area (TPSA) is 47.6 Å². The lowest BCUT2D eigenvalue weighted by Crippen LogP contribution is -2.25. The van der Waals surface area contributed by atoms with Crippen LogP contribution in [0.4, 0.5) is 0 Å². The van der Waals surface area contributed by atoms with Gasteiger partial charge in [0.25, 0.3) is 5.91 Å². The fraction of sp³-hybridized carbons (Fsp3) is 0.235. The van der Waals surface area contributed by atoms with Crippen molar-refractivity contribution in [3.63, 3.8) is 0 Å². The van der Waals surface area contributed by atoms with Gasteiger partial charge in [-0.15, -0.1) is 0 Å². The Balaban J connectivity index is 1.56. The Kier molecular flexibility index (Phi) is 2.81. The van der Waals surface area contributed by atoms with E-state index in [4.69, 9.17) is 9.47 Å². The largest absolute Gasteiger partial charge is 0.454 e. The molecule has 2 aliphatic rings. The highest BCUT2D eigenvalue weighted by Gasteiger charge is 2.23. The first-order chi connectivity index (χ1) is 10.3. The zero-order valence-electron chi connectivity index (χ0n) is 11.5. The number of nitrogens with one attached hydrogen (secondary N) is 1. The molecule has 1 aliphatic heterocycles. The molecule has 0 aromatic heterocycles. The first-order valence-corrected chi connectivity index (χ1v) is 7.10. The predicted molar refractivity (Wildman–Crippen MR) is 78.5 cm³/mol. The van der Waals surface area contributed by atoms with Gasteiger partial charge < -0.3 is 14.8 Å². The summed E-state index contributed by atoms with van der Waals surface area (Å²) in [4.78, 5) is 11.9. The van der Waals surface area contributed by atoms with Gasteiger partial charge in [0, 0.05) is 11.6 Å². The number of hydrogen-bond acceptors (Lipinski definition) is 3. The quantitative estimate of drug-likeness (QED) is 0.941. The second-order valence-electron chi connectivity index (χ2n) is 5.39. The van der Waals surface area contributed by atoms with Crippen LogP contribution in [-0.2, 0) is 0 Å². The zero-order chi connectivity index (χ0) is 14.2. The molecule has 0 spiro atoms. The normalized spacial score (nSPS) is 15.8. The molecular weight excluding hydrogens is 266 g/mol. The van der Waals surface area contributed by atoms with Crippen molar-refractivity contribution in [3.8, 4) is 22.6 Å². The third-order valence-electron chi connectivity index (χ3n) is 3.77. The molecule has 1 N–H and O–H groups in total. The average Bonchev–Trinajstić information content (AvgIpc) is 3.21. The molecule has 0 radical (unpaired) electrons. The van der Waals surface area contributed by atoms with Crippen molar-refractivity contribution in [2.75, 3.05) is 6.79 Å². The van der Waals surface area contributed by atoms with Crippen molar-refractivity contribution in [1.82, 2.24) is 5.32 Å². The van der Waals surface area contributed by atoms with Crippen molar-refractivity contribution < 1.29 is 14.3 Å². The minimum atomic E-state index is 0.00902. The third kappa shape index (κ3) is 2.44. The van der Waals surface area contributed by atoms with Crippen LogP contribution in [0.5, 0.6) is 11.5 Å². The molecule has 0 unspecified atom stereocenters. The molecule has 1 amide bonds. The van der Waals surface area contributed by atoms with E-state index in [0.717, 1.165) is 35.5 Å². The van der Waals surface area contributed by atoms with Crippen molar-refractivity contribution in [2.24, 2.45) is 0 Å². The summed E-state index contributed by atoms with van der Waals surface area (Å²) in [6.45, 7) is 0.277. The molecule has 21 heavy (non-hydrogen) atoms. The fourth-order valence-electron chi connectivity index (χ4n) is 2.39. The lowest BCUT2D eigenvalue weighted by Gasteiger charge is -2.06. The Hall–Kier alpha value is -2.49. The fourth-order valence-corrected chi connectivity index (χ4v) is 2.39. The monoisotopic (exact) mass is 281 g/mol. The molecule has 0 bridgehead atoms. The van der Waals surface area contributed by atoms with Gasteiger partial charge in [0.1, 0.15) is 0 Å². The Morgan fingerprint density at radius 1 is 0.952 bits per heavy atom. The van der Waals surface area contributed by atoms with Gasteiger partial charge in [0.05, 0.1) is 0 Å². The molecule has 1 heterocycles. The van der Waals surface area contributed by atoms with Crippen LogP contribution in [0.15, 0.2) is 42.5 Å². The van der Waals surface area contributed by atoms with Gasteiger partial charge in [-0.25, -0.2) is 0 Å². The summed E-state index contributed by atoms with van der Waals surface area (Å²) >= 11 is 0. The second-order valence-corrected chi connectivity index (χ2v) is 5.39. The molecule has 4 heteroatoms. The van der Waals surface area contributed by atoms with Crippen LogP contribution in [0, 0.1) is 0 Å². The Morgan fingerprint density at radius 2 is 1.67 bits per heavy atom. The summed E-state index contributed by atoms with van der Waals surface area (Å²) < 4.78 is 10.7. The number of hydrogen-bond donors (Lipinski definition) is 1. The smallest absolute Gasteiger partial charge is 0.251 e. The molecule has 0 saturated heterocycles. The highest BCUT2D eigenvalue weighted by atomic mass is 16.7. The van der Waals surface area contributed by atoms with Crippen LogP contribution in [0.25, 0.3) is 11.1 Å². The average molecular weight is 281 g/mol. The zero-order valence-corrected chi connectivity index (χ0v) is 11.5. The summed E-state index contributed by atoms with van der Waals surface area (Å²) in [6.07, 6.45) is 2.20. The number of amides is 1. The van der Waals surface area contributed by atoms with Crippen molar-refractivity contribution in [2.45, 2.75) is 18.9 Å². The number of benzene rings is 2. The van der Waals surface area contributed by atoms with Gasteiger partial charge in [-0.1, -0.05) is 18.2 Å². The van der Waals surface area contributed by atoms with E-state index in [2.05, 4.69) is 5.32 Å². The summed E-state index contributed by atoms with van der Waals surface area (Å²) in [5, 5.41) is 2.99. The summed E-state index contributed by atoms with van der Waals surface area (Å²) in [5.74, 6) is 1.55. The maximum atomic E-state index is 11.9. The number of ether oxygens (including phenoxy) is 2.